The molecule has 0 N–H and O–H groups in total. The van der Waals surface area contributed by atoms with Crippen molar-refractivity contribution in [1.29, 1.82) is 0 Å². The molecule has 0 saturated heterocycles. The molecule has 3 aliphatic carbocycles. The van der Waals surface area contributed by atoms with Crippen molar-refractivity contribution >= 4 is 5.78 Å². The van der Waals surface area contributed by atoms with Gasteiger partial charge >= 0.3 is 0 Å². The smallest absolute Gasteiger partial charge is 0.159 e. The first-order valence-electron chi connectivity index (χ1n) is 6.64. The van der Waals surface area contributed by atoms with Gasteiger partial charge in [0.1, 0.15) is 0 Å². The lowest BCUT2D eigenvalue weighted by atomic mass is 9.59. The molecule has 0 aromatic rings. The van der Waals surface area contributed by atoms with Gasteiger partial charge in [0, 0.05) is 11.8 Å². The fourth-order valence-electron chi connectivity index (χ4n) is 4.78. The summed E-state index contributed by atoms with van der Waals surface area (Å²) < 4.78 is 0. The van der Waals surface area contributed by atoms with Crippen LogP contribution in [0.3, 0.4) is 0 Å². The van der Waals surface area contributed by atoms with Crippen molar-refractivity contribution in [2.24, 2.45) is 28.6 Å². The average Bonchev–Trinajstić information content (AvgIpc) is 2.78. The third kappa shape index (κ3) is 1.00. The van der Waals surface area contributed by atoms with Crippen molar-refractivity contribution in [3.05, 3.63) is 11.6 Å². The first kappa shape index (κ1) is 10.6. The van der Waals surface area contributed by atoms with Crippen LogP contribution in [-0.4, -0.2) is 5.78 Å². The maximum atomic E-state index is 12.1. The Kier molecular flexibility index (Phi) is 1.85. The predicted octanol–water partition coefficient (Wildman–Crippen LogP) is 3.59. The van der Waals surface area contributed by atoms with E-state index in [2.05, 4.69) is 33.8 Å². The predicted molar refractivity (Wildman–Crippen MR) is 65.0 cm³/mol. The summed E-state index contributed by atoms with van der Waals surface area (Å²) in [5.74, 6) is 2.68. The van der Waals surface area contributed by atoms with Crippen molar-refractivity contribution in [2.45, 2.75) is 47.0 Å². The highest BCUT2D eigenvalue weighted by Gasteiger charge is 2.68. The standard InChI is InChI=1S/C15H22O/c1-9-5-8-12(16)10-6-7-11-13(14(11,2)3)15(9,10)4/h6,9,11,13H,5,7-8H2,1-4H3. The van der Waals surface area contributed by atoms with Gasteiger partial charge in [-0.05, 0) is 41.6 Å². The lowest BCUT2D eigenvalue weighted by molar-refractivity contribution is -0.119. The Hall–Kier alpha value is -0.590. The number of allylic oxidation sites excluding steroid dienone is 2. The number of fused-ring (bicyclic) bond motifs is 3. The second-order valence-electron chi connectivity index (χ2n) is 6.90. The van der Waals surface area contributed by atoms with Crippen LogP contribution in [0.25, 0.3) is 0 Å². The Morgan fingerprint density at radius 2 is 2.00 bits per heavy atom. The normalized spacial score (nSPS) is 49.1. The van der Waals surface area contributed by atoms with Crippen molar-refractivity contribution in [3.63, 3.8) is 0 Å². The number of hydrogen-bond donors (Lipinski definition) is 0. The summed E-state index contributed by atoms with van der Waals surface area (Å²) in [6.45, 7) is 9.47. The highest BCUT2D eigenvalue weighted by atomic mass is 16.1. The minimum Gasteiger partial charge on any atom is -0.295 e. The zero-order chi connectivity index (χ0) is 11.7. The molecular weight excluding hydrogens is 196 g/mol. The van der Waals surface area contributed by atoms with Gasteiger partial charge in [-0.25, -0.2) is 0 Å². The van der Waals surface area contributed by atoms with E-state index in [1.807, 2.05) is 0 Å². The lowest BCUT2D eigenvalue weighted by Gasteiger charge is -2.44. The van der Waals surface area contributed by atoms with Crippen LogP contribution in [0.2, 0.25) is 0 Å². The molecule has 1 heteroatoms. The van der Waals surface area contributed by atoms with Crippen molar-refractivity contribution < 1.29 is 4.79 Å². The number of carbonyl (C=O) groups is 1. The Bertz CT molecular complexity index is 390. The molecule has 0 radical (unpaired) electrons. The third-order valence-corrected chi connectivity index (χ3v) is 5.98. The Morgan fingerprint density at radius 1 is 1.31 bits per heavy atom. The Balaban J connectivity index is 2.08. The molecule has 0 aliphatic heterocycles. The third-order valence-electron chi connectivity index (χ3n) is 5.98. The largest absolute Gasteiger partial charge is 0.295 e. The minimum atomic E-state index is 0.182. The number of rotatable bonds is 0. The molecular formula is C15H22O. The molecule has 16 heavy (non-hydrogen) atoms. The van der Waals surface area contributed by atoms with E-state index in [-0.39, 0.29) is 5.41 Å². The zero-order valence-corrected chi connectivity index (χ0v) is 10.8. The van der Waals surface area contributed by atoms with Crippen LogP contribution in [-0.2, 0) is 4.79 Å². The van der Waals surface area contributed by atoms with Crippen molar-refractivity contribution in [1.82, 2.24) is 0 Å². The number of hydrogen-bond acceptors (Lipinski definition) is 1. The summed E-state index contributed by atoms with van der Waals surface area (Å²) in [5.41, 5.74) is 1.82. The summed E-state index contributed by atoms with van der Waals surface area (Å²) >= 11 is 0. The second-order valence-corrected chi connectivity index (χ2v) is 6.90. The van der Waals surface area contributed by atoms with Gasteiger partial charge in [0.25, 0.3) is 0 Å². The van der Waals surface area contributed by atoms with Gasteiger partial charge in [-0.1, -0.05) is 33.8 Å². The van der Waals surface area contributed by atoms with Gasteiger partial charge < -0.3 is 0 Å². The zero-order valence-electron chi connectivity index (χ0n) is 10.8. The van der Waals surface area contributed by atoms with E-state index in [1.54, 1.807) is 0 Å². The molecule has 2 fully saturated rings. The van der Waals surface area contributed by atoms with Crippen LogP contribution in [0, 0.1) is 28.6 Å². The molecule has 0 aromatic heterocycles. The molecule has 0 amide bonds. The molecule has 0 bridgehead atoms. The lowest BCUT2D eigenvalue weighted by Crippen LogP contribution is -2.40. The first-order chi connectivity index (χ1) is 7.40. The van der Waals surface area contributed by atoms with E-state index in [1.165, 1.54) is 5.57 Å². The summed E-state index contributed by atoms with van der Waals surface area (Å²) in [7, 11) is 0. The van der Waals surface area contributed by atoms with E-state index in [0.717, 1.165) is 31.1 Å². The molecule has 88 valence electrons. The topological polar surface area (TPSA) is 17.1 Å². The van der Waals surface area contributed by atoms with Gasteiger partial charge in [0.05, 0.1) is 0 Å². The molecule has 3 rings (SSSR count). The van der Waals surface area contributed by atoms with Gasteiger partial charge in [-0.3, -0.25) is 4.79 Å². The van der Waals surface area contributed by atoms with E-state index >= 15 is 0 Å². The summed E-state index contributed by atoms with van der Waals surface area (Å²) in [5, 5.41) is 0. The van der Waals surface area contributed by atoms with Crippen LogP contribution in [0.4, 0.5) is 0 Å². The van der Waals surface area contributed by atoms with Crippen molar-refractivity contribution in [3.8, 4) is 0 Å². The fourth-order valence-corrected chi connectivity index (χ4v) is 4.78. The van der Waals surface area contributed by atoms with Crippen molar-refractivity contribution in [2.75, 3.05) is 0 Å². The maximum absolute atomic E-state index is 12.1. The van der Waals surface area contributed by atoms with Crippen LogP contribution in [0.5, 0.6) is 0 Å². The summed E-state index contributed by atoms with van der Waals surface area (Å²) in [6.07, 6.45) is 5.28. The molecule has 3 aliphatic rings. The molecule has 4 unspecified atom stereocenters. The second kappa shape index (κ2) is 2.80. The van der Waals surface area contributed by atoms with E-state index < -0.39 is 0 Å². The van der Waals surface area contributed by atoms with Crippen LogP contribution in [0.1, 0.15) is 47.0 Å². The SMILES string of the molecule is CC1CCC(=O)C2=CCC3C(C3(C)C)C21C. The number of Topliss-reactive ketones (excluding diaryl/α,β-unsaturated/α-hetero) is 1. The number of ketones is 1. The Morgan fingerprint density at radius 3 is 2.69 bits per heavy atom. The van der Waals surface area contributed by atoms with Gasteiger partial charge in [-0.15, -0.1) is 0 Å². The summed E-state index contributed by atoms with van der Waals surface area (Å²) in [6, 6.07) is 0. The highest BCUT2D eigenvalue weighted by Crippen LogP contribution is 2.73. The van der Waals surface area contributed by atoms with E-state index in [4.69, 9.17) is 0 Å². The molecule has 0 aromatic carbocycles. The van der Waals surface area contributed by atoms with Gasteiger partial charge in [0.2, 0.25) is 0 Å². The monoisotopic (exact) mass is 218 g/mol. The van der Waals surface area contributed by atoms with E-state index in [9.17, 15) is 4.79 Å². The average molecular weight is 218 g/mol. The van der Waals surface area contributed by atoms with E-state index in [0.29, 0.717) is 17.1 Å². The highest BCUT2D eigenvalue weighted by molar-refractivity contribution is 5.98. The van der Waals surface area contributed by atoms with Crippen LogP contribution < -0.4 is 0 Å². The fraction of sp³-hybridized carbons (Fsp3) is 0.800. The van der Waals surface area contributed by atoms with Gasteiger partial charge in [0.15, 0.2) is 5.78 Å². The first-order valence-corrected chi connectivity index (χ1v) is 6.64. The Labute approximate surface area is 98.3 Å². The summed E-state index contributed by atoms with van der Waals surface area (Å²) in [4.78, 5) is 12.1. The van der Waals surface area contributed by atoms with Crippen LogP contribution in [0.15, 0.2) is 11.6 Å². The molecule has 0 spiro atoms. The maximum Gasteiger partial charge on any atom is 0.159 e. The minimum absolute atomic E-state index is 0.182. The molecule has 0 heterocycles. The molecule has 2 saturated carbocycles. The number of carbonyl (C=O) groups excluding carboxylic acids is 1. The van der Waals surface area contributed by atoms with Gasteiger partial charge in [-0.2, -0.15) is 0 Å². The quantitative estimate of drug-likeness (QED) is 0.607. The molecule has 1 nitrogen and oxygen atoms in total. The molecule has 4 atom stereocenters. The van der Waals surface area contributed by atoms with Crippen LogP contribution >= 0.6 is 0 Å².